The fourth-order valence-electron chi connectivity index (χ4n) is 4.22. The largest absolute Gasteiger partial charge is 0.314 e. The van der Waals surface area contributed by atoms with Crippen molar-refractivity contribution in [1.29, 1.82) is 0 Å². The van der Waals surface area contributed by atoms with Crippen LogP contribution in [0.2, 0.25) is 0 Å². The molecule has 3 nitrogen and oxygen atoms in total. The van der Waals surface area contributed by atoms with Crippen molar-refractivity contribution in [1.82, 2.24) is 15.1 Å². The Morgan fingerprint density at radius 3 is 2.89 bits per heavy atom. The van der Waals surface area contributed by atoms with Gasteiger partial charge in [0.25, 0.3) is 0 Å². The van der Waals surface area contributed by atoms with Crippen LogP contribution in [0.4, 0.5) is 0 Å². The summed E-state index contributed by atoms with van der Waals surface area (Å²) < 4.78 is 1.92. The Balaban J connectivity index is 1.68. The zero-order valence-corrected chi connectivity index (χ0v) is 11.6. The van der Waals surface area contributed by atoms with Crippen LogP contribution in [0.25, 0.3) is 0 Å². The predicted octanol–water partition coefficient (Wildman–Crippen LogP) is 2.38. The van der Waals surface area contributed by atoms with Crippen LogP contribution in [0, 0.1) is 17.8 Å². The summed E-state index contributed by atoms with van der Waals surface area (Å²) >= 11 is 0. The molecule has 2 aliphatic carbocycles. The molecule has 0 radical (unpaired) electrons. The number of aryl methyl sites for hydroxylation is 1. The van der Waals surface area contributed by atoms with Crippen LogP contribution in [0.3, 0.4) is 0 Å². The molecular formula is C15H25N3. The quantitative estimate of drug-likeness (QED) is 0.866. The molecule has 0 amide bonds. The highest BCUT2D eigenvalue weighted by atomic mass is 15.2. The molecular weight excluding hydrogens is 222 g/mol. The number of fused-ring (bicyclic) bond motifs is 2. The van der Waals surface area contributed by atoms with Gasteiger partial charge in [0.2, 0.25) is 0 Å². The van der Waals surface area contributed by atoms with E-state index >= 15 is 0 Å². The molecule has 0 saturated heterocycles. The standard InChI is InChI=1S/C15H25N3/c1-3-16-15(10-13-6-7-18(2)17-13)14-9-11-4-5-12(14)8-11/h6-7,11-12,14-16H,3-5,8-10H2,1-2H3. The molecule has 18 heavy (non-hydrogen) atoms. The van der Waals surface area contributed by atoms with Crippen molar-refractivity contribution in [3.8, 4) is 0 Å². The second kappa shape index (κ2) is 5.04. The average molecular weight is 247 g/mol. The Morgan fingerprint density at radius 1 is 1.44 bits per heavy atom. The molecule has 4 unspecified atom stereocenters. The molecule has 1 N–H and O–H groups in total. The zero-order valence-electron chi connectivity index (χ0n) is 11.6. The molecule has 3 heteroatoms. The molecule has 1 heterocycles. The van der Waals surface area contributed by atoms with Crippen molar-refractivity contribution >= 4 is 0 Å². The van der Waals surface area contributed by atoms with Crippen molar-refractivity contribution in [3.05, 3.63) is 18.0 Å². The van der Waals surface area contributed by atoms with Crippen LogP contribution >= 0.6 is 0 Å². The monoisotopic (exact) mass is 247 g/mol. The number of nitrogens with zero attached hydrogens (tertiary/aromatic N) is 2. The predicted molar refractivity (Wildman–Crippen MR) is 73.3 cm³/mol. The van der Waals surface area contributed by atoms with Gasteiger partial charge >= 0.3 is 0 Å². The van der Waals surface area contributed by atoms with Crippen LogP contribution in [-0.2, 0) is 13.5 Å². The minimum Gasteiger partial charge on any atom is -0.314 e. The molecule has 2 bridgehead atoms. The summed E-state index contributed by atoms with van der Waals surface area (Å²) in [4.78, 5) is 0. The number of rotatable bonds is 5. The summed E-state index contributed by atoms with van der Waals surface area (Å²) in [6, 6.07) is 2.80. The summed E-state index contributed by atoms with van der Waals surface area (Å²) in [6.45, 7) is 3.30. The zero-order chi connectivity index (χ0) is 12.5. The third-order valence-electron chi connectivity index (χ3n) is 4.97. The van der Waals surface area contributed by atoms with Crippen molar-refractivity contribution in [2.45, 2.75) is 45.1 Å². The topological polar surface area (TPSA) is 29.9 Å². The van der Waals surface area contributed by atoms with Crippen molar-refractivity contribution < 1.29 is 0 Å². The minimum absolute atomic E-state index is 0.639. The number of hydrogen-bond acceptors (Lipinski definition) is 2. The van der Waals surface area contributed by atoms with E-state index in [0.717, 1.165) is 30.7 Å². The Labute approximate surface area is 110 Å². The van der Waals surface area contributed by atoms with Crippen molar-refractivity contribution in [3.63, 3.8) is 0 Å². The van der Waals surface area contributed by atoms with Gasteiger partial charge in [-0.25, -0.2) is 0 Å². The lowest BCUT2D eigenvalue weighted by Crippen LogP contribution is -2.40. The maximum atomic E-state index is 4.54. The SMILES string of the molecule is CCNC(Cc1ccn(C)n1)C1CC2CCC1C2. The third-order valence-corrected chi connectivity index (χ3v) is 4.97. The molecule has 1 aromatic rings. The van der Waals surface area contributed by atoms with E-state index in [-0.39, 0.29) is 0 Å². The Morgan fingerprint density at radius 2 is 2.33 bits per heavy atom. The lowest BCUT2D eigenvalue weighted by atomic mass is 9.81. The van der Waals surface area contributed by atoms with E-state index in [1.165, 1.54) is 31.4 Å². The fourth-order valence-corrected chi connectivity index (χ4v) is 4.22. The van der Waals surface area contributed by atoms with E-state index < -0.39 is 0 Å². The van der Waals surface area contributed by atoms with Gasteiger partial charge in [0.05, 0.1) is 5.69 Å². The molecule has 0 aliphatic heterocycles. The maximum Gasteiger partial charge on any atom is 0.0640 e. The number of nitrogens with one attached hydrogen (secondary N) is 1. The van der Waals surface area contributed by atoms with Gasteiger partial charge in [-0.1, -0.05) is 13.3 Å². The van der Waals surface area contributed by atoms with Crippen molar-refractivity contribution in [2.75, 3.05) is 6.54 Å². The van der Waals surface area contributed by atoms with Gasteiger partial charge in [0.15, 0.2) is 0 Å². The summed E-state index contributed by atoms with van der Waals surface area (Å²) in [7, 11) is 2.00. The molecule has 0 spiro atoms. The molecule has 1 aromatic heterocycles. The molecule has 4 atom stereocenters. The Hall–Kier alpha value is -0.830. The second-order valence-electron chi connectivity index (χ2n) is 6.19. The highest BCUT2D eigenvalue weighted by Crippen LogP contribution is 2.49. The lowest BCUT2D eigenvalue weighted by molar-refractivity contribution is 0.248. The Kier molecular flexibility index (Phi) is 3.42. The normalized spacial score (nSPS) is 32.0. The summed E-state index contributed by atoms with van der Waals surface area (Å²) in [5, 5.41) is 8.26. The van der Waals surface area contributed by atoms with Crippen LogP contribution in [-0.4, -0.2) is 22.4 Å². The second-order valence-corrected chi connectivity index (χ2v) is 6.19. The first-order valence-corrected chi connectivity index (χ1v) is 7.48. The molecule has 0 aromatic carbocycles. The van der Waals surface area contributed by atoms with Gasteiger partial charge in [-0.15, -0.1) is 0 Å². The number of likely N-dealkylation sites (N-methyl/N-ethyl adjacent to an activating group) is 1. The summed E-state index contributed by atoms with van der Waals surface area (Å²) in [5.41, 5.74) is 1.24. The van der Waals surface area contributed by atoms with Crippen LogP contribution < -0.4 is 5.32 Å². The van der Waals surface area contributed by atoms with E-state index in [2.05, 4.69) is 29.6 Å². The van der Waals surface area contributed by atoms with E-state index in [0.29, 0.717) is 6.04 Å². The highest BCUT2D eigenvalue weighted by Gasteiger charge is 2.42. The molecule has 2 aliphatic rings. The summed E-state index contributed by atoms with van der Waals surface area (Å²) in [6.07, 6.45) is 9.06. The number of aromatic nitrogens is 2. The minimum atomic E-state index is 0.639. The van der Waals surface area contributed by atoms with E-state index in [1.807, 2.05) is 11.7 Å². The molecule has 2 saturated carbocycles. The van der Waals surface area contributed by atoms with Crippen molar-refractivity contribution in [2.24, 2.45) is 24.8 Å². The third kappa shape index (κ3) is 2.33. The van der Waals surface area contributed by atoms with Gasteiger partial charge in [-0.2, -0.15) is 5.10 Å². The van der Waals surface area contributed by atoms with Gasteiger partial charge in [0, 0.05) is 25.7 Å². The number of hydrogen-bond donors (Lipinski definition) is 1. The van der Waals surface area contributed by atoms with E-state index in [9.17, 15) is 0 Å². The van der Waals surface area contributed by atoms with Crippen LogP contribution in [0.15, 0.2) is 12.3 Å². The van der Waals surface area contributed by atoms with Crippen LogP contribution in [0.5, 0.6) is 0 Å². The maximum absolute atomic E-state index is 4.54. The van der Waals surface area contributed by atoms with Crippen LogP contribution in [0.1, 0.15) is 38.3 Å². The van der Waals surface area contributed by atoms with Gasteiger partial charge in [0.1, 0.15) is 0 Å². The van der Waals surface area contributed by atoms with Gasteiger partial charge in [-0.3, -0.25) is 4.68 Å². The first-order chi connectivity index (χ1) is 8.76. The highest BCUT2D eigenvalue weighted by molar-refractivity contribution is 5.05. The average Bonchev–Trinajstić information content (AvgIpc) is 3.05. The van der Waals surface area contributed by atoms with E-state index in [4.69, 9.17) is 0 Å². The van der Waals surface area contributed by atoms with Gasteiger partial charge < -0.3 is 5.32 Å². The van der Waals surface area contributed by atoms with E-state index in [1.54, 1.807) is 0 Å². The van der Waals surface area contributed by atoms with Gasteiger partial charge in [-0.05, 0) is 49.6 Å². The Bertz CT molecular complexity index is 398. The first-order valence-electron chi connectivity index (χ1n) is 7.48. The first kappa shape index (κ1) is 12.2. The lowest BCUT2D eigenvalue weighted by Gasteiger charge is -2.30. The fraction of sp³-hybridized carbons (Fsp3) is 0.800. The molecule has 3 rings (SSSR count). The smallest absolute Gasteiger partial charge is 0.0640 e. The summed E-state index contributed by atoms with van der Waals surface area (Å²) in [5.74, 6) is 2.92. The molecule has 2 fully saturated rings. The molecule has 100 valence electrons.